The number of rotatable bonds is 5. The average molecular weight is 351 g/mol. The number of hydrogen-bond donors (Lipinski definition) is 1. The van der Waals surface area contributed by atoms with Gasteiger partial charge in [0.2, 0.25) is 5.16 Å². The Kier molecular flexibility index (Phi) is 4.85. The molecule has 4 nitrogen and oxygen atoms in total. The summed E-state index contributed by atoms with van der Waals surface area (Å²) < 4.78 is 5.61. The Labute approximate surface area is 152 Å². The van der Waals surface area contributed by atoms with Gasteiger partial charge in [-0.1, -0.05) is 72.4 Å². The molecule has 0 spiro atoms. The van der Waals surface area contributed by atoms with E-state index in [4.69, 9.17) is 9.72 Å². The zero-order valence-corrected chi connectivity index (χ0v) is 14.8. The molecule has 0 saturated carbocycles. The highest BCUT2D eigenvalue weighted by molar-refractivity contribution is 7.98. The summed E-state index contributed by atoms with van der Waals surface area (Å²) in [7, 11) is 0. The van der Waals surface area contributed by atoms with Crippen LogP contribution in [0.2, 0.25) is 0 Å². The zero-order chi connectivity index (χ0) is 17.0. The Morgan fingerprint density at radius 1 is 0.960 bits per heavy atom. The lowest BCUT2D eigenvalue weighted by atomic mass is 9.73. The molecule has 2 aromatic carbocycles. The molecule has 0 atom stereocenters. The Morgan fingerprint density at radius 2 is 1.64 bits per heavy atom. The van der Waals surface area contributed by atoms with Crippen molar-refractivity contribution in [2.75, 3.05) is 13.2 Å². The summed E-state index contributed by atoms with van der Waals surface area (Å²) in [6, 6.07) is 21.0. The summed E-state index contributed by atoms with van der Waals surface area (Å²) >= 11 is 1.67. The van der Waals surface area contributed by atoms with Crippen LogP contribution in [0.3, 0.4) is 0 Å². The Morgan fingerprint density at radius 3 is 2.36 bits per heavy atom. The molecule has 128 valence electrons. The smallest absolute Gasteiger partial charge is 0.208 e. The molecule has 1 aliphatic rings. The first-order valence-electron chi connectivity index (χ1n) is 8.60. The van der Waals surface area contributed by atoms with E-state index in [1.807, 2.05) is 6.07 Å². The third kappa shape index (κ3) is 3.48. The summed E-state index contributed by atoms with van der Waals surface area (Å²) in [5.41, 5.74) is 2.44. The molecule has 1 fully saturated rings. The second-order valence-electron chi connectivity index (χ2n) is 6.30. The normalized spacial score (nSPS) is 16.6. The molecule has 1 saturated heterocycles. The van der Waals surface area contributed by atoms with Gasteiger partial charge in [0, 0.05) is 19.0 Å². The quantitative estimate of drug-likeness (QED) is 0.700. The Balaban J connectivity index is 1.58. The van der Waals surface area contributed by atoms with E-state index in [2.05, 4.69) is 64.8 Å². The number of ether oxygens (including phenoxy) is 1. The highest BCUT2D eigenvalue weighted by Crippen LogP contribution is 2.39. The maximum absolute atomic E-state index is 5.61. The van der Waals surface area contributed by atoms with Crippen LogP contribution >= 0.6 is 11.8 Å². The maximum Gasteiger partial charge on any atom is 0.208 e. The monoisotopic (exact) mass is 351 g/mol. The molecule has 3 aromatic rings. The highest BCUT2D eigenvalue weighted by atomic mass is 32.2. The number of benzene rings is 2. The van der Waals surface area contributed by atoms with Crippen molar-refractivity contribution in [2.24, 2.45) is 0 Å². The minimum Gasteiger partial charge on any atom is -0.381 e. The van der Waals surface area contributed by atoms with E-state index in [1.54, 1.807) is 11.8 Å². The zero-order valence-electron chi connectivity index (χ0n) is 14.0. The standard InChI is InChI=1S/C20H21N3OS/c1-3-7-16(8-4-1)15-25-19-21-18(22-23-19)20(11-13-24-14-12-20)17-9-5-2-6-10-17/h1-10H,11-15H2,(H,21,22,23). The molecular weight excluding hydrogens is 330 g/mol. The lowest BCUT2D eigenvalue weighted by Gasteiger charge is -2.35. The Bertz CT molecular complexity index is 798. The average Bonchev–Trinajstić information content (AvgIpc) is 3.18. The molecular formula is C20H21N3OS. The molecule has 0 unspecified atom stereocenters. The minimum absolute atomic E-state index is 0.127. The molecule has 4 rings (SSSR count). The van der Waals surface area contributed by atoms with Gasteiger partial charge >= 0.3 is 0 Å². The first-order chi connectivity index (χ1) is 12.4. The van der Waals surface area contributed by atoms with Crippen molar-refractivity contribution in [3.8, 4) is 0 Å². The number of thioether (sulfide) groups is 1. The maximum atomic E-state index is 5.61. The third-order valence-corrected chi connectivity index (χ3v) is 5.72. The van der Waals surface area contributed by atoms with Crippen LogP contribution in [0.25, 0.3) is 0 Å². The second kappa shape index (κ2) is 7.42. The molecule has 1 aliphatic heterocycles. The van der Waals surface area contributed by atoms with Gasteiger partial charge in [-0.05, 0) is 24.0 Å². The number of hydrogen-bond acceptors (Lipinski definition) is 4. The summed E-state index contributed by atoms with van der Waals surface area (Å²) in [6.07, 6.45) is 1.85. The van der Waals surface area contributed by atoms with Gasteiger partial charge in [0.15, 0.2) is 0 Å². The van der Waals surface area contributed by atoms with E-state index in [1.165, 1.54) is 11.1 Å². The van der Waals surface area contributed by atoms with Gasteiger partial charge in [-0.15, -0.1) is 5.10 Å². The van der Waals surface area contributed by atoms with Crippen LogP contribution in [0.5, 0.6) is 0 Å². The molecule has 1 N–H and O–H groups in total. The van der Waals surface area contributed by atoms with Gasteiger partial charge in [-0.2, -0.15) is 0 Å². The summed E-state index contributed by atoms with van der Waals surface area (Å²) in [5, 5.41) is 8.48. The Hall–Kier alpha value is -2.11. The third-order valence-electron chi connectivity index (χ3n) is 4.80. The highest BCUT2D eigenvalue weighted by Gasteiger charge is 2.39. The van der Waals surface area contributed by atoms with Crippen LogP contribution in [0.15, 0.2) is 65.8 Å². The van der Waals surface area contributed by atoms with E-state index in [0.29, 0.717) is 0 Å². The van der Waals surface area contributed by atoms with Gasteiger partial charge in [-0.3, -0.25) is 5.10 Å². The SMILES string of the molecule is c1ccc(CSc2n[nH]c(C3(c4ccccc4)CCOCC3)n2)cc1. The van der Waals surface area contributed by atoms with Gasteiger partial charge in [0.1, 0.15) is 5.82 Å². The summed E-state index contributed by atoms with van der Waals surface area (Å²) in [6.45, 7) is 1.50. The van der Waals surface area contributed by atoms with Crippen molar-refractivity contribution in [1.29, 1.82) is 0 Å². The van der Waals surface area contributed by atoms with E-state index in [-0.39, 0.29) is 5.41 Å². The topological polar surface area (TPSA) is 50.8 Å². The van der Waals surface area contributed by atoms with Gasteiger partial charge in [0.25, 0.3) is 0 Å². The van der Waals surface area contributed by atoms with E-state index >= 15 is 0 Å². The van der Waals surface area contributed by atoms with E-state index in [0.717, 1.165) is 42.8 Å². The summed E-state index contributed by atoms with van der Waals surface area (Å²) in [5.74, 6) is 1.83. The summed E-state index contributed by atoms with van der Waals surface area (Å²) in [4.78, 5) is 4.84. The molecule has 0 radical (unpaired) electrons. The fourth-order valence-electron chi connectivity index (χ4n) is 3.39. The molecule has 1 aromatic heterocycles. The lowest BCUT2D eigenvalue weighted by molar-refractivity contribution is 0.0605. The van der Waals surface area contributed by atoms with Crippen LogP contribution in [-0.4, -0.2) is 28.4 Å². The number of nitrogens with zero attached hydrogens (tertiary/aromatic N) is 2. The number of H-pyrrole nitrogens is 1. The van der Waals surface area contributed by atoms with Crippen molar-refractivity contribution in [1.82, 2.24) is 15.2 Å². The fraction of sp³-hybridized carbons (Fsp3) is 0.300. The fourth-order valence-corrected chi connectivity index (χ4v) is 4.14. The van der Waals surface area contributed by atoms with Crippen molar-refractivity contribution >= 4 is 11.8 Å². The predicted molar refractivity (Wildman–Crippen MR) is 99.7 cm³/mol. The van der Waals surface area contributed by atoms with E-state index in [9.17, 15) is 0 Å². The predicted octanol–water partition coefficient (Wildman–Crippen LogP) is 4.19. The van der Waals surface area contributed by atoms with E-state index < -0.39 is 0 Å². The van der Waals surface area contributed by atoms with Crippen LogP contribution in [0.1, 0.15) is 29.8 Å². The van der Waals surface area contributed by atoms with Crippen molar-refractivity contribution in [3.05, 3.63) is 77.6 Å². The van der Waals surface area contributed by atoms with Gasteiger partial charge < -0.3 is 4.74 Å². The van der Waals surface area contributed by atoms with Crippen LogP contribution in [-0.2, 0) is 15.9 Å². The van der Waals surface area contributed by atoms with Gasteiger partial charge in [-0.25, -0.2) is 4.98 Å². The molecule has 0 aliphatic carbocycles. The molecule has 5 heteroatoms. The largest absolute Gasteiger partial charge is 0.381 e. The first kappa shape index (κ1) is 16.4. The van der Waals surface area contributed by atoms with Crippen LogP contribution in [0, 0.1) is 0 Å². The van der Waals surface area contributed by atoms with Crippen LogP contribution < -0.4 is 0 Å². The number of aromatic nitrogens is 3. The van der Waals surface area contributed by atoms with Gasteiger partial charge in [0.05, 0.1) is 5.41 Å². The van der Waals surface area contributed by atoms with Crippen molar-refractivity contribution in [3.63, 3.8) is 0 Å². The molecule has 25 heavy (non-hydrogen) atoms. The number of aromatic amines is 1. The number of nitrogens with one attached hydrogen (secondary N) is 1. The lowest BCUT2D eigenvalue weighted by Crippen LogP contribution is -2.36. The molecule has 2 heterocycles. The van der Waals surface area contributed by atoms with Crippen molar-refractivity contribution < 1.29 is 4.74 Å². The second-order valence-corrected chi connectivity index (χ2v) is 7.24. The van der Waals surface area contributed by atoms with Crippen molar-refractivity contribution in [2.45, 2.75) is 29.2 Å². The molecule has 0 bridgehead atoms. The minimum atomic E-state index is -0.127. The first-order valence-corrected chi connectivity index (χ1v) is 9.58. The molecule has 0 amide bonds. The van der Waals surface area contributed by atoms with Crippen LogP contribution in [0.4, 0.5) is 0 Å².